The van der Waals surface area contributed by atoms with Gasteiger partial charge in [0.15, 0.2) is 0 Å². The van der Waals surface area contributed by atoms with Gasteiger partial charge in [0.1, 0.15) is 0 Å². The molecule has 2 aliphatic heterocycles. The minimum Gasteiger partial charge on any atom is -0.354 e. The van der Waals surface area contributed by atoms with Gasteiger partial charge >= 0.3 is 0 Å². The first-order valence-electron chi connectivity index (χ1n) is 19.1. The number of aromatic nitrogens is 3. The Hall–Kier alpha value is -2.81. The molecule has 0 radical (unpaired) electrons. The van der Waals surface area contributed by atoms with Gasteiger partial charge in [-0.1, -0.05) is 0 Å². The number of hydrogen-bond acceptors (Lipinski definition) is 12. The van der Waals surface area contributed by atoms with Crippen LogP contribution in [0.5, 0.6) is 0 Å². The largest absolute Gasteiger partial charge is 0.354 e. The van der Waals surface area contributed by atoms with E-state index in [4.69, 9.17) is 15.0 Å². The van der Waals surface area contributed by atoms with E-state index in [1.165, 1.54) is 0 Å². The SMILES string of the molecule is CNCCCN(C)CCCNc1nc(NC(C)(C)CN2CC(C)(C)N(C)C(C)(C)C2=O)nc(N(C)C(C)(C)CN2CC(C)(C)N(C)C(C)(C)C2=O)n1. The highest BCUT2D eigenvalue weighted by Gasteiger charge is 2.51. The van der Waals surface area contributed by atoms with Crippen molar-refractivity contribution < 1.29 is 9.59 Å². The molecule has 2 fully saturated rings. The molecular weight excluding hydrogens is 656 g/mol. The molecule has 0 saturated carbocycles. The van der Waals surface area contributed by atoms with E-state index < -0.39 is 22.2 Å². The van der Waals surface area contributed by atoms with Crippen LogP contribution >= 0.6 is 0 Å². The van der Waals surface area contributed by atoms with Crippen LogP contribution in [0.25, 0.3) is 0 Å². The minimum absolute atomic E-state index is 0.102. The first-order chi connectivity index (χ1) is 23.7. The molecule has 2 aliphatic rings. The molecule has 0 bridgehead atoms. The molecule has 1 aromatic rings. The number of likely N-dealkylation sites (N-methyl/N-ethyl adjacent to an activating group) is 3. The fraction of sp³-hybridized carbons (Fsp3) is 0.868. The molecule has 14 heteroatoms. The van der Waals surface area contributed by atoms with Crippen LogP contribution < -0.4 is 20.9 Å². The van der Waals surface area contributed by atoms with Crippen LogP contribution in [0, 0.1) is 0 Å². The number of amides is 2. The Morgan fingerprint density at radius 3 is 1.67 bits per heavy atom. The van der Waals surface area contributed by atoms with Crippen molar-refractivity contribution >= 4 is 29.7 Å². The van der Waals surface area contributed by atoms with Crippen molar-refractivity contribution in [1.29, 1.82) is 0 Å². The predicted octanol–water partition coefficient (Wildman–Crippen LogP) is 3.28. The Bertz CT molecular complexity index is 1390. The summed E-state index contributed by atoms with van der Waals surface area (Å²) >= 11 is 0. The molecule has 14 nitrogen and oxygen atoms in total. The number of carbonyl (C=O) groups excluding carboxylic acids is 2. The van der Waals surface area contributed by atoms with Gasteiger partial charge in [-0.05, 0) is 144 Å². The van der Waals surface area contributed by atoms with Crippen molar-refractivity contribution in [3.8, 4) is 0 Å². The number of piperazine rings is 2. The van der Waals surface area contributed by atoms with E-state index in [0.29, 0.717) is 50.6 Å². The second kappa shape index (κ2) is 15.9. The highest BCUT2D eigenvalue weighted by atomic mass is 16.2. The summed E-state index contributed by atoms with van der Waals surface area (Å²) < 4.78 is 0. The van der Waals surface area contributed by atoms with Gasteiger partial charge in [0.05, 0.1) is 22.2 Å². The van der Waals surface area contributed by atoms with Gasteiger partial charge in [0, 0.05) is 50.8 Å². The van der Waals surface area contributed by atoms with Crippen molar-refractivity contribution in [3.05, 3.63) is 0 Å². The Kier molecular flexibility index (Phi) is 13.3. The molecule has 2 amide bonds. The summed E-state index contributed by atoms with van der Waals surface area (Å²) in [7, 11) is 10.2. The second-order valence-electron chi connectivity index (χ2n) is 18.9. The molecule has 3 N–H and O–H groups in total. The van der Waals surface area contributed by atoms with Gasteiger partial charge in [-0.2, -0.15) is 15.0 Å². The van der Waals surface area contributed by atoms with E-state index in [1.54, 1.807) is 0 Å². The van der Waals surface area contributed by atoms with E-state index in [2.05, 4.69) is 93.1 Å². The second-order valence-corrected chi connectivity index (χ2v) is 18.9. The lowest BCUT2D eigenvalue weighted by molar-refractivity contribution is -0.158. The zero-order valence-electron chi connectivity index (χ0n) is 35.9. The molecule has 0 aromatic carbocycles. The van der Waals surface area contributed by atoms with Gasteiger partial charge in [0.2, 0.25) is 29.7 Å². The number of anilines is 3. The Balaban J connectivity index is 1.88. The third kappa shape index (κ3) is 10.0. The van der Waals surface area contributed by atoms with Crippen molar-refractivity contribution in [1.82, 2.24) is 44.8 Å². The van der Waals surface area contributed by atoms with Crippen LogP contribution in [0.15, 0.2) is 0 Å². The van der Waals surface area contributed by atoms with Gasteiger partial charge in [-0.25, -0.2) is 0 Å². The lowest BCUT2D eigenvalue weighted by Crippen LogP contribution is -2.71. The molecule has 0 spiro atoms. The maximum absolute atomic E-state index is 13.8. The molecule has 3 heterocycles. The Morgan fingerprint density at radius 1 is 0.712 bits per heavy atom. The van der Waals surface area contributed by atoms with E-state index in [1.807, 2.05) is 70.6 Å². The zero-order chi connectivity index (χ0) is 39.7. The fourth-order valence-electron chi connectivity index (χ4n) is 7.62. The fourth-order valence-corrected chi connectivity index (χ4v) is 7.62. The van der Waals surface area contributed by atoms with Crippen molar-refractivity contribution in [2.24, 2.45) is 0 Å². The van der Waals surface area contributed by atoms with Crippen LogP contribution in [0.1, 0.15) is 95.9 Å². The van der Waals surface area contributed by atoms with Crippen LogP contribution in [0.2, 0.25) is 0 Å². The predicted molar refractivity (Wildman–Crippen MR) is 214 cm³/mol. The summed E-state index contributed by atoms with van der Waals surface area (Å²) in [5.41, 5.74) is -2.69. The molecule has 52 heavy (non-hydrogen) atoms. The average molecular weight is 731 g/mol. The Labute approximate surface area is 315 Å². The van der Waals surface area contributed by atoms with Gasteiger partial charge in [0.25, 0.3) is 0 Å². The maximum atomic E-state index is 13.8. The van der Waals surface area contributed by atoms with Crippen molar-refractivity contribution in [2.75, 3.05) is 103 Å². The van der Waals surface area contributed by atoms with Crippen molar-refractivity contribution in [3.63, 3.8) is 0 Å². The number of rotatable bonds is 17. The lowest BCUT2D eigenvalue weighted by atomic mass is 9.86. The van der Waals surface area contributed by atoms with Crippen LogP contribution in [0.4, 0.5) is 17.8 Å². The van der Waals surface area contributed by atoms with Crippen LogP contribution in [-0.4, -0.2) is 172 Å². The summed E-state index contributed by atoms with van der Waals surface area (Å²) in [6.07, 6.45) is 2.04. The molecule has 0 unspecified atom stereocenters. The standard InChI is InChI=1S/C38H74N12O2/c1-33(2,24-49-26-35(5,6)47(16)37(9,10)28(49)51)44-31-41-30(40-21-19-23-45(14)22-18-20-39-13)42-32(43-31)46(15)34(3,4)25-50-27-36(7,8)48(17)38(11,12)29(50)52/h39H,18-27H2,1-17H3,(H2,40,41,42,43,44). The number of carbonyl (C=O) groups is 2. The first kappa shape index (κ1) is 43.6. The summed E-state index contributed by atoms with van der Waals surface area (Å²) in [4.78, 5) is 54.9. The van der Waals surface area contributed by atoms with Crippen molar-refractivity contribution in [2.45, 2.75) is 129 Å². The Morgan fingerprint density at radius 2 is 1.17 bits per heavy atom. The first-order valence-corrected chi connectivity index (χ1v) is 19.1. The smallest absolute Gasteiger partial charge is 0.242 e. The molecule has 0 atom stereocenters. The summed E-state index contributed by atoms with van der Waals surface area (Å²) in [5, 5.41) is 10.2. The normalized spacial score (nSPS) is 20.8. The van der Waals surface area contributed by atoms with Crippen LogP contribution in [0.3, 0.4) is 0 Å². The lowest BCUT2D eigenvalue weighted by Gasteiger charge is -2.55. The topological polar surface area (TPSA) is 128 Å². The van der Waals surface area contributed by atoms with Gasteiger partial charge in [-0.3, -0.25) is 19.4 Å². The highest BCUT2D eigenvalue weighted by molar-refractivity contribution is 5.87. The third-order valence-electron chi connectivity index (χ3n) is 11.7. The van der Waals surface area contributed by atoms with Gasteiger partial charge < -0.3 is 35.6 Å². The summed E-state index contributed by atoms with van der Waals surface area (Å²) in [6, 6.07) is 0. The molecule has 1 aromatic heterocycles. The number of hydrogen-bond donors (Lipinski definition) is 3. The molecule has 2 saturated heterocycles. The molecular formula is C38H74N12O2. The maximum Gasteiger partial charge on any atom is 0.242 e. The van der Waals surface area contributed by atoms with E-state index in [9.17, 15) is 9.59 Å². The highest BCUT2D eigenvalue weighted by Crippen LogP contribution is 2.35. The molecule has 0 aliphatic carbocycles. The average Bonchev–Trinajstić information content (AvgIpc) is 3.02. The zero-order valence-corrected chi connectivity index (χ0v) is 35.9. The minimum atomic E-state index is -0.625. The molecule has 3 rings (SSSR count). The summed E-state index contributed by atoms with van der Waals surface area (Å²) in [5.74, 6) is 1.63. The quantitative estimate of drug-likeness (QED) is 0.204. The number of nitrogens with zero attached hydrogens (tertiary/aromatic N) is 9. The van der Waals surface area contributed by atoms with E-state index in [-0.39, 0.29) is 22.9 Å². The molecule has 298 valence electrons. The summed E-state index contributed by atoms with van der Waals surface area (Å²) in [6.45, 7) is 31.1. The monoisotopic (exact) mass is 731 g/mol. The number of nitrogens with one attached hydrogen (secondary N) is 3. The van der Waals surface area contributed by atoms with E-state index >= 15 is 0 Å². The van der Waals surface area contributed by atoms with Gasteiger partial charge in [-0.15, -0.1) is 0 Å². The third-order valence-corrected chi connectivity index (χ3v) is 11.7. The van der Waals surface area contributed by atoms with E-state index in [0.717, 1.165) is 32.5 Å². The van der Waals surface area contributed by atoms with Crippen LogP contribution in [-0.2, 0) is 9.59 Å².